The first-order chi connectivity index (χ1) is 10.1. The van der Waals surface area contributed by atoms with Crippen LogP contribution < -0.4 is 0 Å². The Morgan fingerprint density at radius 1 is 1.00 bits per heavy atom. The first kappa shape index (κ1) is 13.8. The van der Waals surface area contributed by atoms with Gasteiger partial charge in [0, 0.05) is 17.7 Å². The fourth-order valence-electron chi connectivity index (χ4n) is 2.03. The number of nitrogens with zero attached hydrogens (tertiary/aromatic N) is 2. The van der Waals surface area contributed by atoms with Crippen molar-refractivity contribution in [3.63, 3.8) is 0 Å². The third kappa shape index (κ3) is 2.81. The molecule has 6 heteroatoms. The largest absolute Gasteiger partial charge is 0.269 e. The highest BCUT2D eigenvalue weighted by atomic mass is 32.2. The number of nitro benzene ring substituents is 1. The zero-order chi connectivity index (χ0) is 14.8. The number of thiazole rings is 1. The lowest BCUT2D eigenvalue weighted by molar-refractivity contribution is -0.384. The number of aromatic nitrogens is 1. The summed E-state index contributed by atoms with van der Waals surface area (Å²) in [5, 5.41) is 10.7. The molecule has 3 aromatic rings. The molecule has 0 spiro atoms. The number of thiol groups is 1. The fourth-order valence-corrected chi connectivity index (χ4v) is 3.24. The lowest BCUT2D eigenvalue weighted by atomic mass is 10.1. The van der Waals surface area contributed by atoms with Gasteiger partial charge in [-0.1, -0.05) is 30.3 Å². The van der Waals surface area contributed by atoms with Crippen molar-refractivity contribution >= 4 is 29.7 Å². The summed E-state index contributed by atoms with van der Waals surface area (Å²) in [4.78, 5) is 15.7. The van der Waals surface area contributed by atoms with E-state index in [-0.39, 0.29) is 5.69 Å². The van der Waals surface area contributed by atoms with E-state index in [1.165, 1.54) is 23.5 Å². The van der Waals surface area contributed by atoms with Crippen molar-refractivity contribution < 1.29 is 4.92 Å². The number of hydrogen-bond acceptors (Lipinski definition) is 5. The van der Waals surface area contributed by atoms with Crippen LogP contribution in [0, 0.1) is 10.1 Å². The topological polar surface area (TPSA) is 56.0 Å². The molecule has 0 saturated carbocycles. The van der Waals surface area contributed by atoms with E-state index in [4.69, 9.17) is 0 Å². The van der Waals surface area contributed by atoms with Crippen molar-refractivity contribution in [1.82, 2.24) is 4.98 Å². The molecule has 0 amide bonds. The lowest BCUT2D eigenvalue weighted by Gasteiger charge is -2.02. The van der Waals surface area contributed by atoms with Gasteiger partial charge in [-0.05, 0) is 17.7 Å². The molecule has 21 heavy (non-hydrogen) atoms. The van der Waals surface area contributed by atoms with Crippen LogP contribution >= 0.6 is 24.0 Å². The second-order valence-electron chi connectivity index (χ2n) is 4.34. The minimum absolute atomic E-state index is 0.0793. The number of hydrogen-bond donors (Lipinski definition) is 1. The molecule has 1 heterocycles. The van der Waals surface area contributed by atoms with Gasteiger partial charge in [0.25, 0.3) is 5.69 Å². The van der Waals surface area contributed by atoms with E-state index in [0.29, 0.717) is 4.34 Å². The van der Waals surface area contributed by atoms with Gasteiger partial charge in [0.1, 0.15) is 4.34 Å². The zero-order valence-electron chi connectivity index (χ0n) is 10.8. The third-order valence-electron chi connectivity index (χ3n) is 3.00. The van der Waals surface area contributed by atoms with Crippen molar-refractivity contribution in [3.05, 3.63) is 64.7 Å². The smallest absolute Gasteiger partial charge is 0.258 e. The molecule has 0 fully saturated rings. The van der Waals surface area contributed by atoms with Gasteiger partial charge >= 0.3 is 0 Å². The van der Waals surface area contributed by atoms with Gasteiger partial charge in [-0.2, -0.15) is 0 Å². The average Bonchev–Trinajstić information content (AvgIpc) is 2.90. The predicted molar refractivity (Wildman–Crippen MR) is 86.9 cm³/mol. The number of non-ortho nitro benzene ring substituents is 1. The van der Waals surface area contributed by atoms with Crippen LogP contribution in [-0.4, -0.2) is 9.91 Å². The standard InChI is InChI=1S/C15H10N2O2S2/c18-17(19)12-8-6-11(7-9-12)14-13(16-15(20)21-14)10-4-2-1-3-5-10/h1-9H,(H,16,20). The summed E-state index contributed by atoms with van der Waals surface area (Å²) in [7, 11) is 0. The van der Waals surface area contributed by atoms with Gasteiger partial charge < -0.3 is 0 Å². The van der Waals surface area contributed by atoms with Crippen molar-refractivity contribution in [2.45, 2.75) is 4.34 Å². The van der Waals surface area contributed by atoms with Crippen LogP contribution in [0.25, 0.3) is 21.7 Å². The van der Waals surface area contributed by atoms with Crippen LogP contribution in [0.4, 0.5) is 5.69 Å². The van der Waals surface area contributed by atoms with E-state index >= 15 is 0 Å². The first-order valence-corrected chi connectivity index (χ1v) is 7.41. The molecular formula is C15H10N2O2S2. The Kier molecular flexibility index (Phi) is 3.72. The quantitative estimate of drug-likeness (QED) is 0.434. The number of nitro groups is 1. The Hall–Kier alpha value is -2.18. The minimum atomic E-state index is -0.404. The lowest BCUT2D eigenvalue weighted by Crippen LogP contribution is -1.87. The van der Waals surface area contributed by atoms with E-state index in [9.17, 15) is 10.1 Å². The average molecular weight is 314 g/mol. The maximum Gasteiger partial charge on any atom is 0.269 e. The predicted octanol–water partition coefficient (Wildman–Crippen LogP) is 4.67. The zero-order valence-corrected chi connectivity index (χ0v) is 12.5. The van der Waals surface area contributed by atoms with Crippen LogP contribution in [0.3, 0.4) is 0 Å². The second kappa shape index (κ2) is 5.67. The SMILES string of the molecule is O=[N+]([O-])c1ccc(-c2sc(S)nc2-c2ccccc2)cc1. The molecular weight excluding hydrogens is 304 g/mol. The van der Waals surface area contributed by atoms with Gasteiger partial charge in [-0.3, -0.25) is 10.1 Å². The summed E-state index contributed by atoms with van der Waals surface area (Å²) >= 11 is 5.79. The minimum Gasteiger partial charge on any atom is -0.258 e. The normalized spacial score (nSPS) is 10.5. The van der Waals surface area contributed by atoms with E-state index in [1.807, 2.05) is 30.3 Å². The van der Waals surface area contributed by atoms with E-state index in [0.717, 1.165) is 21.7 Å². The maximum atomic E-state index is 10.7. The van der Waals surface area contributed by atoms with Gasteiger partial charge in [0.15, 0.2) is 0 Å². The van der Waals surface area contributed by atoms with Crippen LogP contribution in [0.5, 0.6) is 0 Å². The van der Waals surface area contributed by atoms with Crippen LogP contribution in [-0.2, 0) is 0 Å². The van der Waals surface area contributed by atoms with Crippen LogP contribution in [0.1, 0.15) is 0 Å². The second-order valence-corrected chi connectivity index (χ2v) is 6.07. The summed E-state index contributed by atoms with van der Waals surface area (Å²) in [6.07, 6.45) is 0. The van der Waals surface area contributed by atoms with Crippen molar-refractivity contribution in [2.75, 3.05) is 0 Å². The molecule has 0 aliphatic heterocycles. The Bertz CT molecular complexity index is 783. The van der Waals surface area contributed by atoms with E-state index < -0.39 is 4.92 Å². The number of rotatable bonds is 3. The molecule has 104 valence electrons. The summed E-state index contributed by atoms with van der Waals surface area (Å²) in [6.45, 7) is 0. The van der Waals surface area contributed by atoms with Crippen molar-refractivity contribution in [3.8, 4) is 21.7 Å². The monoisotopic (exact) mass is 314 g/mol. The Morgan fingerprint density at radius 2 is 1.67 bits per heavy atom. The Labute approximate surface area is 130 Å². The molecule has 0 atom stereocenters. The number of benzene rings is 2. The van der Waals surface area contributed by atoms with Gasteiger partial charge in [-0.15, -0.1) is 24.0 Å². The summed E-state index contributed by atoms with van der Waals surface area (Å²) in [6, 6.07) is 16.3. The highest BCUT2D eigenvalue weighted by Crippen LogP contribution is 2.38. The molecule has 0 aliphatic carbocycles. The molecule has 0 bridgehead atoms. The third-order valence-corrected chi connectivity index (χ3v) is 4.28. The summed E-state index contributed by atoms with van der Waals surface area (Å²) < 4.78 is 0.669. The molecule has 2 aromatic carbocycles. The Balaban J connectivity index is 2.09. The highest BCUT2D eigenvalue weighted by Gasteiger charge is 2.14. The molecule has 0 unspecified atom stereocenters. The molecule has 0 N–H and O–H groups in total. The molecule has 4 nitrogen and oxygen atoms in total. The first-order valence-electron chi connectivity index (χ1n) is 6.15. The van der Waals surface area contributed by atoms with Gasteiger partial charge in [0.05, 0.1) is 15.5 Å². The molecule has 1 aromatic heterocycles. The maximum absolute atomic E-state index is 10.7. The van der Waals surface area contributed by atoms with Crippen molar-refractivity contribution in [2.24, 2.45) is 0 Å². The molecule has 3 rings (SSSR count). The van der Waals surface area contributed by atoms with E-state index in [1.54, 1.807) is 12.1 Å². The fraction of sp³-hybridized carbons (Fsp3) is 0. The molecule has 0 radical (unpaired) electrons. The van der Waals surface area contributed by atoms with Gasteiger partial charge in [-0.25, -0.2) is 4.98 Å². The van der Waals surface area contributed by atoms with Crippen LogP contribution in [0.2, 0.25) is 0 Å². The summed E-state index contributed by atoms with van der Waals surface area (Å²) in [5.41, 5.74) is 2.83. The molecule has 0 saturated heterocycles. The molecule has 0 aliphatic rings. The highest BCUT2D eigenvalue weighted by molar-refractivity contribution is 7.82. The Morgan fingerprint density at radius 3 is 2.29 bits per heavy atom. The van der Waals surface area contributed by atoms with E-state index in [2.05, 4.69) is 17.6 Å². The van der Waals surface area contributed by atoms with Crippen LogP contribution in [0.15, 0.2) is 58.9 Å². The summed E-state index contributed by atoms with van der Waals surface area (Å²) in [5.74, 6) is 0. The van der Waals surface area contributed by atoms with Gasteiger partial charge in [0.2, 0.25) is 0 Å². The van der Waals surface area contributed by atoms with Crippen molar-refractivity contribution in [1.29, 1.82) is 0 Å².